The number of hydrogen-bond acceptors (Lipinski definition) is 1. The van der Waals surface area contributed by atoms with Gasteiger partial charge in [0.2, 0.25) is 0 Å². The summed E-state index contributed by atoms with van der Waals surface area (Å²) < 4.78 is 7.34. The Morgan fingerprint density at radius 2 is 1.75 bits per heavy atom. The largest absolute Gasteiger partial charge is 0.357 e. The van der Waals surface area contributed by atoms with Gasteiger partial charge in [-0.2, -0.15) is 0 Å². The Morgan fingerprint density at radius 1 is 1.06 bits per heavy atom. The molecule has 1 saturated heterocycles. The topological polar surface area (TPSA) is 12.5 Å². The minimum Gasteiger partial charge on any atom is -0.357 e. The van der Waals surface area contributed by atoms with Crippen LogP contribution in [0.1, 0.15) is 37.7 Å². The molecule has 1 atom stereocenters. The minimum atomic E-state index is 0.0369. The zero-order valence-electron chi connectivity index (χ0n) is 9.42. The van der Waals surface area contributed by atoms with Gasteiger partial charge in [-0.1, -0.05) is 72.2 Å². The highest BCUT2D eigenvalue weighted by Crippen LogP contribution is 2.63. The van der Waals surface area contributed by atoms with Crippen LogP contribution in [0.15, 0.2) is 30.3 Å². The van der Waals surface area contributed by atoms with Crippen molar-refractivity contribution in [3.63, 3.8) is 0 Å². The zero-order valence-corrected chi connectivity index (χ0v) is 11.6. The van der Waals surface area contributed by atoms with Gasteiger partial charge < -0.3 is 4.74 Å². The molecule has 0 radical (unpaired) electrons. The maximum absolute atomic E-state index is 6.26. The Kier molecular flexibility index (Phi) is 2.75. The quantitative estimate of drug-likeness (QED) is 0.453. The first-order valence-corrected chi connectivity index (χ1v) is 7.67. The van der Waals surface area contributed by atoms with Crippen molar-refractivity contribution in [2.45, 2.75) is 43.3 Å². The molecule has 2 fully saturated rings. The van der Waals surface area contributed by atoms with Gasteiger partial charge in [-0.15, -0.1) is 0 Å². The van der Waals surface area contributed by atoms with Gasteiger partial charge in [-0.05, 0) is 18.4 Å². The molecule has 1 aromatic carbocycles. The molecule has 16 heavy (non-hydrogen) atoms. The van der Waals surface area contributed by atoms with Crippen molar-refractivity contribution in [2.24, 2.45) is 0 Å². The van der Waals surface area contributed by atoms with Gasteiger partial charge in [0.05, 0.1) is 0 Å². The summed E-state index contributed by atoms with van der Waals surface area (Å²) in [6, 6.07) is 10.8. The molecule has 1 aromatic rings. The van der Waals surface area contributed by atoms with Crippen molar-refractivity contribution >= 4 is 22.6 Å². The highest BCUT2D eigenvalue weighted by atomic mass is 127. The molecule has 2 aliphatic rings. The Labute approximate surface area is 111 Å². The van der Waals surface area contributed by atoms with E-state index in [1.54, 1.807) is 0 Å². The van der Waals surface area contributed by atoms with Crippen LogP contribution in [0.4, 0.5) is 0 Å². The van der Waals surface area contributed by atoms with Crippen LogP contribution in [0, 0.1) is 0 Å². The lowest BCUT2D eigenvalue weighted by Crippen LogP contribution is -2.28. The van der Waals surface area contributed by atoms with Gasteiger partial charge in [-0.3, -0.25) is 0 Å². The molecular formula is C14H17IO. The summed E-state index contributed by atoms with van der Waals surface area (Å²) in [5, 5.41) is 0. The zero-order chi connectivity index (χ0) is 11.1. The molecule has 0 amide bonds. The van der Waals surface area contributed by atoms with E-state index in [4.69, 9.17) is 4.74 Å². The van der Waals surface area contributed by atoms with E-state index in [1.807, 2.05) is 0 Å². The third kappa shape index (κ3) is 1.46. The van der Waals surface area contributed by atoms with Crippen molar-refractivity contribution in [1.82, 2.24) is 0 Å². The first-order chi connectivity index (χ1) is 7.83. The van der Waals surface area contributed by atoms with Crippen LogP contribution in [0.2, 0.25) is 0 Å². The second-order valence-corrected chi connectivity index (χ2v) is 5.75. The molecule has 0 N–H and O–H groups in total. The molecule has 3 rings (SSSR count). The molecule has 1 aliphatic heterocycles. The van der Waals surface area contributed by atoms with E-state index in [9.17, 15) is 0 Å². The summed E-state index contributed by atoms with van der Waals surface area (Å²) in [5.74, 6) is 0. The number of rotatable bonds is 2. The molecule has 86 valence electrons. The first-order valence-electron chi connectivity index (χ1n) is 6.15. The van der Waals surface area contributed by atoms with E-state index in [0.717, 1.165) is 4.43 Å². The number of benzene rings is 1. The Bertz CT molecular complexity index is 370. The molecule has 0 aromatic heterocycles. The lowest BCUT2D eigenvalue weighted by atomic mass is 9.78. The summed E-state index contributed by atoms with van der Waals surface area (Å²) in [6.07, 6.45) is 6.57. The van der Waals surface area contributed by atoms with E-state index >= 15 is 0 Å². The average molecular weight is 328 g/mol. The van der Waals surface area contributed by atoms with Gasteiger partial charge in [0.15, 0.2) is 0 Å². The fraction of sp³-hybridized carbons (Fsp3) is 0.571. The lowest BCUT2D eigenvalue weighted by molar-refractivity contribution is 0.226. The molecule has 0 bridgehead atoms. The molecular weight excluding hydrogens is 311 g/mol. The number of epoxide rings is 1. The Hall–Kier alpha value is -0.0900. The summed E-state index contributed by atoms with van der Waals surface area (Å²) in [7, 11) is 0. The second-order valence-electron chi connectivity index (χ2n) is 4.98. The summed E-state index contributed by atoms with van der Waals surface area (Å²) >= 11 is 2.48. The molecule has 1 heterocycles. The smallest absolute Gasteiger partial charge is 0.132 e. The van der Waals surface area contributed by atoms with Crippen molar-refractivity contribution < 1.29 is 4.74 Å². The first kappa shape index (κ1) is 11.0. The summed E-state index contributed by atoms with van der Waals surface area (Å²) in [6.45, 7) is 0. The highest BCUT2D eigenvalue weighted by molar-refractivity contribution is 14.1. The van der Waals surface area contributed by atoms with E-state index < -0.39 is 0 Å². The van der Waals surface area contributed by atoms with Crippen LogP contribution in [0.3, 0.4) is 0 Å². The monoisotopic (exact) mass is 328 g/mol. The molecule has 1 spiro atoms. The number of alkyl halides is 1. The third-order valence-corrected chi connectivity index (χ3v) is 5.23. The molecule has 2 heteroatoms. The maximum atomic E-state index is 6.26. The second kappa shape index (κ2) is 3.98. The van der Waals surface area contributed by atoms with Crippen molar-refractivity contribution in [3.8, 4) is 0 Å². The predicted molar refractivity (Wildman–Crippen MR) is 73.9 cm³/mol. The summed E-state index contributed by atoms with van der Waals surface area (Å²) in [5.41, 5.74) is 1.61. The van der Waals surface area contributed by atoms with E-state index in [2.05, 4.69) is 52.9 Å². The van der Waals surface area contributed by atoms with Gasteiger partial charge >= 0.3 is 0 Å². The number of hydrogen-bond donors (Lipinski definition) is 0. The fourth-order valence-corrected chi connectivity index (χ4v) is 4.48. The molecule has 0 unspecified atom stereocenters. The normalized spacial score (nSPS) is 31.6. The van der Waals surface area contributed by atoms with E-state index in [0.29, 0.717) is 0 Å². The van der Waals surface area contributed by atoms with Crippen molar-refractivity contribution in [3.05, 3.63) is 35.9 Å². The average Bonchev–Trinajstić information content (AvgIpc) is 3.00. The standard InChI is InChI=1S/C14H17IO/c15-11-14(12-7-3-1-4-8-12)13(16-14)9-5-2-6-10-13/h1,3-4,7-8H,2,5-6,9-11H2/t14-/m0/s1. The van der Waals surface area contributed by atoms with Gasteiger partial charge in [0, 0.05) is 4.43 Å². The number of ether oxygens (including phenoxy) is 1. The third-order valence-electron chi connectivity index (χ3n) is 4.15. The SMILES string of the molecule is IC[C@@]1(c2ccccc2)OC12CCCCC2. The van der Waals surface area contributed by atoms with Crippen LogP contribution in [0.25, 0.3) is 0 Å². The Balaban J connectivity index is 1.92. The van der Waals surface area contributed by atoms with Crippen LogP contribution in [-0.4, -0.2) is 10.0 Å². The van der Waals surface area contributed by atoms with Gasteiger partial charge in [-0.25, -0.2) is 0 Å². The molecule has 1 aliphatic carbocycles. The predicted octanol–water partition coefficient (Wildman–Crippen LogP) is 4.05. The van der Waals surface area contributed by atoms with Gasteiger partial charge in [0.1, 0.15) is 11.2 Å². The van der Waals surface area contributed by atoms with Crippen LogP contribution in [0.5, 0.6) is 0 Å². The van der Waals surface area contributed by atoms with E-state index in [1.165, 1.54) is 37.7 Å². The molecule has 1 nitrogen and oxygen atoms in total. The van der Waals surface area contributed by atoms with Gasteiger partial charge in [0.25, 0.3) is 0 Å². The Morgan fingerprint density at radius 3 is 2.38 bits per heavy atom. The van der Waals surface area contributed by atoms with Crippen LogP contribution < -0.4 is 0 Å². The van der Waals surface area contributed by atoms with Crippen LogP contribution in [-0.2, 0) is 10.3 Å². The maximum Gasteiger partial charge on any atom is 0.132 e. The fourth-order valence-electron chi connectivity index (χ4n) is 3.19. The van der Waals surface area contributed by atoms with Crippen molar-refractivity contribution in [1.29, 1.82) is 0 Å². The van der Waals surface area contributed by atoms with Crippen molar-refractivity contribution in [2.75, 3.05) is 4.43 Å². The lowest BCUT2D eigenvalue weighted by Gasteiger charge is -2.23. The number of halogens is 1. The molecule has 1 saturated carbocycles. The summed E-state index contributed by atoms with van der Waals surface area (Å²) in [4.78, 5) is 0. The highest BCUT2D eigenvalue weighted by Gasteiger charge is 2.69. The van der Waals surface area contributed by atoms with E-state index in [-0.39, 0.29) is 11.2 Å². The minimum absolute atomic E-state index is 0.0369. The van der Waals surface area contributed by atoms with Crippen LogP contribution >= 0.6 is 22.6 Å².